The monoisotopic (exact) mass is 208 g/mol. The molecular weight excluding hydrogens is 192 g/mol. The highest BCUT2D eigenvalue weighted by atomic mass is 16.2. The largest absolute Gasteiger partial charge is 0.335 e. The number of nitrogens with zero attached hydrogens (tertiary/aromatic N) is 2. The Labute approximate surface area is 89.2 Å². The van der Waals surface area contributed by atoms with Crippen molar-refractivity contribution >= 4 is 11.8 Å². The van der Waals surface area contributed by atoms with Crippen LogP contribution in [0.1, 0.15) is 13.3 Å². The maximum absolute atomic E-state index is 11.5. The second kappa shape index (κ2) is 5.19. The van der Waals surface area contributed by atoms with Crippen LogP contribution >= 0.6 is 0 Å². The number of hydrogen-bond donors (Lipinski definition) is 2. The molecule has 15 heavy (non-hydrogen) atoms. The zero-order chi connectivity index (χ0) is 11.3. The first kappa shape index (κ1) is 11.3. The molecule has 0 aliphatic rings. The molecule has 82 valence electrons. The van der Waals surface area contributed by atoms with Gasteiger partial charge in [-0.15, -0.1) is 6.58 Å². The van der Waals surface area contributed by atoms with Crippen LogP contribution in [0, 0.1) is 0 Å². The van der Waals surface area contributed by atoms with Crippen LogP contribution in [0.4, 0.5) is 10.6 Å². The number of urea groups is 1. The summed E-state index contributed by atoms with van der Waals surface area (Å²) in [5.74, 6) is 0.665. The number of nitrogens with one attached hydrogen (secondary N) is 2. The van der Waals surface area contributed by atoms with Gasteiger partial charge in [-0.2, -0.15) is 5.10 Å². The lowest BCUT2D eigenvalue weighted by molar-refractivity contribution is 0.249. The minimum Gasteiger partial charge on any atom is -0.335 e. The first-order valence-corrected chi connectivity index (χ1v) is 4.80. The SMILES string of the molecule is C=CC[C@H](C)NC(=O)Nc1ccnn1C. The van der Waals surface area contributed by atoms with Crippen molar-refractivity contribution in [2.45, 2.75) is 19.4 Å². The highest BCUT2D eigenvalue weighted by Gasteiger charge is 2.07. The predicted molar refractivity (Wildman–Crippen MR) is 59.6 cm³/mol. The topological polar surface area (TPSA) is 59.0 Å². The minimum absolute atomic E-state index is 0.0794. The number of carbonyl (C=O) groups is 1. The smallest absolute Gasteiger partial charge is 0.320 e. The van der Waals surface area contributed by atoms with Gasteiger partial charge in [-0.1, -0.05) is 6.08 Å². The molecular formula is C10H16N4O. The van der Waals surface area contributed by atoms with Crippen molar-refractivity contribution in [3.8, 4) is 0 Å². The van der Waals surface area contributed by atoms with Crippen LogP contribution in [0.25, 0.3) is 0 Å². The molecule has 2 N–H and O–H groups in total. The molecule has 0 radical (unpaired) electrons. The number of aromatic nitrogens is 2. The minimum atomic E-state index is -0.229. The molecule has 0 aliphatic carbocycles. The van der Waals surface area contributed by atoms with Crippen LogP contribution in [0.15, 0.2) is 24.9 Å². The normalized spacial score (nSPS) is 11.9. The van der Waals surface area contributed by atoms with Gasteiger partial charge in [0.05, 0.1) is 6.20 Å². The molecule has 0 saturated carbocycles. The fourth-order valence-corrected chi connectivity index (χ4v) is 1.18. The second-order valence-corrected chi connectivity index (χ2v) is 3.36. The Morgan fingerprint density at radius 3 is 3.07 bits per heavy atom. The van der Waals surface area contributed by atoms with E-state index in [1.807, 2.05) is 6.92 Å². The van der Waals surface area contributed by atoms with Gasteiger partial charge in [0.15, 0.2) is 0 Å². The van der Waals surface area contributed by atoms with Gasteiger partial charge < -0.3 is 5.32 Å². The van der Waals surface area contributed by atoms with Crippen LogP contribution in [0.2, 0.25) is 0 Å². The van der Waals surface area contributed by atoms with E-state index in [4.69, 9.17) is 0 Å². The maximum atomic E-state index is 11.5. The predicted octanol–water partition coefficient (Wildman–Crippen LogP) is 1.51. The van der Waals surface area contributed by atoms with Gasteiger partial charge in [0.25, 0.3) is 0 Å². The first-order valence-electron chi connectivity index (χ1n) is 4.80. The van der Waals surface area contributed by atoms with Crippen molar-refractivity contribution in [2.24, 2.45) is 7.05 Å². The summed E-state index contributed by atoms with van der Waals surface area (Å²) in [5.41, 5.74) is 0. The molecule has 0 saturated heterocycles. The van der Waals surface area contributed by atoms with Gasteiger partial charge in [-0.05, 0) is 13.3 Å². The molecule has 1 atom stereocenters. The van der Waals surface area contributed by atoms with E-state index in [1.54, 1.807) is 30.1 Å². The highest BCUT2D eigenvalue weighted by Crippen LogP contribution is 2.02. The number of aryl methyl sites for hydroxylation is 1. The van der Waals surface area contributed by atoms with Crippen molar-refractivity contribution in [2.75, 3.05) is 5.32 Å². The third kappa shape index (κ3) is 3.46. The molecule has 0 bridgehead atoms. The summed E-state index contributed by atoms with van der Waals surface area (Å²) >= 11 is 0. The molecule has 0 unspecified atom stereocenters. The van der Waals surface area contributed by atoms with Gasteiger partial charge >= 0.3 is 6.03 Å². The summed E-state index contributed by atoms with van der Waals surface area (Å²) in [5, 5.41) is 9.42. The van der Waals surface area contributed by atoms with Gasteiger partial charge in [0.1, 0.15) is 5.82 Å². The average molecular weight is 208 g/mol. The number of anilines is 1. The molecule has 0 aliphatic heterocycles. The van der Waals surface area contributed by atoms with E-state index in [-0.39, 0.29) is 12.1 Å². The Kier molecular flexibility index (Phi) is 3.91. The van der Waals surface area contributed by atoms with Crippen LogP contribution in [0.3, 0.4) is 0 Å². The van der Waals surface area contributed by atoms with E-state index >= 15 is 0 Å². The van der Waals surface area contributed by atoms with E-state index in [1.165, 1.54) is 0 Å². The quantitative estimate of drug-likeness (QED) is 0.737. The Bertz CT molecular complexity index is 345. The summed E-state index contributed by atoms with van der Waals surface area (Å²) in [6.45, 7) is 5.53. The van der Waals surface area contributed by atoms with Gasteiger partial charge in [0, 0.05) is 19.2 Å². The third-order valence-electron chi connectivity index (χ3n) is 1.96. The summed E-state index contributed by atoms with van der Waals surface area (Å²) in [4.78, 5) is 11.5. The van der Waals surface area contributed by atoms with E-state index in [0.717, 1.165) is 6.42 Å². The lowest BCUT2D eigenvalue weighted by Crippen LogP contribution is -2.36. The summed E-state index contributed by atoms with van der Waals surface area (Å²) in [6.07, 6.45) is 4.15. The van der Waals surface area contributed by atoms with Gasteiger partial charge in [-0.3, -0.25) is 10.00 Å². The number of hydrogen-bond acceptors (Lipinski definition) is 2. The van der Waals surface area contributed by atoms with Crippen LogP contribution in [-0.2, 0) is 7.05 Å². The second-order valence-electron chi connectivity index (χ2n) is 3.36. The van der Waals surface area contributed by atoms with Crippen molar-refractivity contribution in [1.82, 2.24) is 15.1 Å². The average Bonchev–Trinajstić information content (AvgIpc) is 2.52. The molecule has 0 aromatic carbocycles. The van der Waals surface area contributed by atoms with Gasteiger partial charge in [-0.25, -0.2) is 4.79 Å². The molecule has 0 spiro atoms. The fraction of sp³-hybridized carbons (Fsp3) is 0.400. The number of amides is 2. The number of carbonyl (C=O) groups excluding carboxylic acids is 1. The number of rotatable bonds is 4. The standard InChI is InChI=1S/C10H16N4O/c1-4-5-8(2)12-10(15)13-9-6-7-11-14(9)3/h4,6-8H,1,5H2,2-3H3,(H2,12,13,15)/t8-/m0/s1. The van der Waals surface area contributed by atoms with Crippen LogP contribution in [-0.4, -0.2) is 21.9 Å². The Morgan fingerprint density at radius 1 is 1.80 bits per heavy atom. The molecule has 5 heteroatoms. The molecule has 1 rings (SSSR count). The van der Waals surface area contributed by atoms with E-state index in [0.29, 0.717) is 5.82 Å². The molecule has 1 aromatic heterocycles. The van der Waals surface area contributed by atoms with Crippen molar-refractivity contribution in [3.63, 3.8) is 0 Å². The molecule has 5 nitrogen and oxygen atoms in total. The zero-order valence-electron chi connectivity index (χ0n) is 9.03. The maximum Gasteiger partial charge on any atom is 0.320 e. The lowest BCUT2D eigenvalue weighted by Gasteiger charge is -2.12. The fourth-order valence-electron chi connectivity index (χ4n) is 1.18. The Hall–Kier alpha value is -1.78. The van der Waals surface area contributed by atoms with E-state index in [2.05, 4.69) is 22.3 Å². The first-order chi connectivity index (χ1) is 7.13. The van der Waals surface area contributed by atoms with Gasteiger partial charge in [0.2, 0.25) is 0 Å². The van der Waals surface area contributed by atoms with Crippen molar-refractivity contribution < 1.29 is 4.79 Å². The summed E-state index contributed by atoms with van der Waals surface area (Å²) in [6, 6.07) is 1.58. The summed E-state index contributed by atoms with van der Waals surface area (Å²) in [7, 11) is 1.77. The van der Waals surface area contributed by atoms with Crippen molar-refractivity contribution in [1.29, 1.82) is 0 Å². The molecule has 1 aromatic rings. The van der Waals surface area contributed by atoms with E-state index in [9.17, 15) is 4.79 Å². The van der Waals surface area contributed by atoms with Crippen LogP contribution in [0.5, 0.6) is 0 Å². The van der Waals surface area contributed by atoms with Crippen molar-refractivity contribution in [3.05, 3.63) is 24.9 Å². The molecule has 1 heterocycles. The van der Waals surface area contributed by atoms with E-state index < -0.39 is 0 Å². The highest BCUT2D eigenvalue weighted by molar-refractivity contribution is 5.88. The van der Waals surface area contributed by atoms with Crippen LogP contribution < -0.4 is 10.6 Å². The lowest BCUT2D eigenvalue weighted by atomic mass is 10.2. The third-order valence-corrected chi connectivity index (χ3v) is 1.96. The summed E-state index contributed by atoms with van der Waals surface area (Å²) < 4.78 is 1.59. The Balaban J connectivity index is 2.43. The molecule has 2 amide bonds. The Morgan fingerprint density at radius 2 is 2.53 bits per heavy atom. The molecule has 0 fully saturated rings. The zero-order valence-corrected chi connectivity index (χ0v) is 9.03.